The third-order valence-corrected chi connectivity index (χ3v) is 4.62. The molecule has 8 heteroatoms. The molecule has 3 unspecified atom stereocenters. The normalized spacial score (nSPS) is 23.7. The van der Waals surface area contributed by atoms with Crippen molar-refractivity contribution in [3.8, 4) is 5.75 Å². The van der Waals surface area contributed by atoms with E-state index in [4.69, 9.17) is 0 Å². The second kappa shape index (κ2) is 6.24. The van der Waals surface area contributed by atoms with Crippen molar-refractivity contribution in [3.63, 3.8) is 0 Å². The quantitative estimate of drug-likeness (QED) is 0.849. The molecule has 2 aliphatic carbocycles. The van der Waals surface area contributed by atoms with Gasteiger partial charge in [0.05, 0.1) is 0 Å². The van der Waals surface area contributed by atoms with Gasteiger partial charge < -0.3 is 14.7 Å². The zero-order valence-corrected chi connectivity index (χ0v) is 13.5. The topological polar surface area (TPSA) is 66.8 Å². The molecule has 0 aliphatic heterocycles. The van der Waals surface area contributed by atoms with Gasteiger partial charge in [-0.05, 0) is 43.7 Å². The van der Waals surface area contributed by atoms with Crippen LogP contribution in [0.3, 0.4) is 0 Å². The number of aliphatic carboxylic acids is 1. The van der Waals surface area contributed by atoms with E-state index in [1.807, 2.05) is 0 Å². The number of carbonyl (C=O) groups excluding carboxylic acids is 1. The lowest BCUT2D eigenvalue weighted by Gasteiger charge is -2.26. The molecule has 0 heterocycles. The molecule has 0 radical (unpaired) electrons. The van der Waals surface area contributed by atoms with Crippen LogP contribution in [0.1, 0.15) is 37.7 Å². The molecular weight excluding hydrogens is 339 g/mol. The van der Waals surface area contributed by atoms with E-state index in [-0.39, 0.29) is 23.6 Å². The Labute approximate surface area is 142 Å². The van der Waals surface area contributed by atoms with Crippen LogP contribution in [0.4, 0.5) is 13.2 Å². The second-order valence-corrected chi connectivity index (χ2v) is 6.53. The molecule has 2 saturated carbocycles. The highest BCUT2D eigenvalue weighted by Crippen LogP contribution is 2.52. The predicted molar refractivity (Wildman–Crippen MR) is 80.9 cm³/mol. The molecule has 0 saturated heterocycles. The van der Waals surface area contributed by atoms with E-state index in [1.165, 1.54) is 30.0 Å². The van der Waals surface area contributed by atoms with Crippen molar-refractivity contribution >= 4 is 11.9 Å². The van der Waals surface area contributed by atoms with Crippen LogP contribution in [0.2, 0.25) is 0 Å². The minimum absolute atomic E-state index is 0.0819. The van der Waals surface area contributed by atoms with Crippen molar-refractivity contribution in [2.24, 2.45) is 5.92 Å². The Morgan fingerprint density at radius 2 is 1.92 bits per heavy atom. The standard InChI is InChI=1S/C17H18F3NO4/c1-9(16(23)24)21(10-6-7-10)15(22)13-8-12(13)11-4-2-3-5-14(11)25-17(18,19)20/h2-5,9-10,12-13H,6-8H2,1H3,(H,23,24). The zero-order chi connectivity index (χ0) is 18.4. The summed E-state index contributed by atoms with van der Waals surface area (Å²) in [7, 11) is 0. The van der Waals surface area contributed by atoms with E-state index in [0.29, 0.717) is 12.0 Å². The molecule has 3 rings (SSSR count). The lowest BCUT2D eigenvalue weighted by molar-refractivity contribution is -0.274. The number of para-hydroxylation sites is 1. The first-order valence-corrected chi connectivity index (χ1v) is 8.08. The van der Waals surface area contributed by atoms with Crippen LogP contribution in [0.5, 0.6) is 5.75 Å². The average Bonchev–Trinajstić information content (AvgIpc) is 3.40. The van der Waals surface area contributed by atoms with Gasteiger partial charge in [-0.2, -0.15) is 0 Å². The number of amides is 1. The van der Waals surface area contributed by atoms with Crippen LogP contribution in [-0.2, 0) is 9.59 Å². The van der Waals surface area contributed by atoms with Crippen molar-refractivity contribution in [1.29, 1.82) is 0 Å². The Morgan fingerprint density at radius 1 is 1.28 bits per heavy atom. The summed E-state index contributed by atoms with van der Waals surface area (Å²) >= 11 is 0. The minimum Gasteiger partial charge on any atom is -0.480 e. The number of hydrogen-bond donors (Lipinski definition) is 1. The van der Waals surface area contributed by atoms with E-state index < -0.39 is 24.3 Å². The van der Waals surface area contributed by atoms with Crippen LogP contribution >= 0.6 is 0 Å². The highest BCUT2D eigenvalue weighted by molar-refractivity contribution is 5.88. The van der Waals surface area contributed by atoms with Crippen LogP contribution in [0.25, 0.3) is 0 Å². The van der Waals surface area contributed by atoms with Gasteiger partial charge in [0, 0.05) is 12.0 Å². The average molecular weight is 357 g/mol. The van der Waals surface area contributed by atoms with Crippen molar-refractivity contribution in [2.45, 2.75) is 50.6 Å². The van der Waals surface area contributed by atoms with Crippen LogP contribution in [0, 0.1) is 5.92 Å². The number of carboxylic acids is 1. The fourth-order valence-electron chi connectivity index (χ4n) is 3.17. The number of nitrogens with zero attached hydrogens (tertiary/aromatic N) is 1. The third-order valence-electron chi connectivity index (χ3n) is 4.62. The largest absolute Gasteiger partial charge is 0.573 e. The molecule has 25 heavy (non-hydrogen) atoms. The monoisotopic (exact) mass is 357 g/mol. The first kappa shape index (κ1) is 17.6. The van der Waals surface area contributed by atoms with Crippen LogP contribution < -0.4 is 4.74 Å². The maximum atomic E-state index is 12.7. The molecule has 1 aromatic rings. The summed E-state index contributed by atoms with van der Waals surface area (Å²) in [4.78, 5) is 25.3. The van der Waals surface area contributed by atoms with E-state index >= 15 is 0 Å². The lowest BCUT2D eigenvalue weighted by Crippen LogP contribution is -2.45. The molecule has 3 atom stereocenters. The molecule has 0 spiro atoms. The molecule has 2 fully saturated rings. The van der Waals surface area contributed by atoms with E-state index in [1.54, 1.807) is 6.07 Å². The fraction of sp³-hybridized carbons (Fsp3) is 0.529. The Hall–Kier alpha value is -2.25. The first-order chi connectivity index (χ1) is 11.7. The number of rotatable bonds is 6. The SMILES string of the molecule is CC(C(=O)O)N(C(=O)C1CC1c1ccccc1OC(F)(F)F)C1CC1. The number of benzene rings is 1. The molecule has 1 N–H and O–H groups in total. The molecular formula is C17H18F3NO4. The van der Waals surface area contributed by atoms with Gasteiger partial charge in [0.2, 0.25) is 5.91 Å². The number of alkyl halides is 3. The summed E-state index contributed by atoms with van der Waals surface area (Å²) in [6.07, 6.45) is -2.89. The zero-order valence-electron chi connectivity index (χ0n) is 13.5. The smallest absolute Gasteiger partial charge is 0.480 e. The summed E-state index contributed by atoms with van der Waals surface area (Å²) in [5.41, 5.74) is 0.330. The second-order valence-electron chi connectivity index (χ2n) is 6.53. The number of ether oxygens (including phenoxy) is 1. The minimum atomic E-state index is -4.80. The fourth-order valence-corrected chi connectivity index (χ4v) is 3.17. The molecule has 136 valence electrons. The Bertz CT molecular complexity index is 687. The third kappa shape index (κ3) is 3.88. The number of halogens is 3. The number of hydrogen-bond acceptors (Lipinski definition) is 3. The van der Waals surface area contributed by atoms with Crippen LogP contribution in [0.15, 0.2) is 24.3 Å². The highest BCUT2D eigenvalue weighted by atomic mass is 19.4. The molecule has 0 aromatic heterocycles. The summed E-state index contributed by atoms with van der Waals surface area (Å²) < 4.78 is 41.7. The Morgan fingerprint density at radius 3 is 2.48 bits per heavy atom. The summed E-state index contributed by atoms with van der Waals surface area (Å²) in [6.45, 7) is 1.46. The van der Waals surface area contributed by atoms with Gasteiger partial charge in [0.1, 0.15) is 11.8 Å². The van der Waals surface area contributed by atoms with Gasteiger partial charge in [0.15, 0.2) is 0 Å². The van der Waals surface area contributed by atoms with Crippen LogP contribution in [-0.4, -0.2) is 40.3 Å². The maximum absolute atomic E-state index is 12.7. The van der Waals surface area contributed by atoms with Gasteiger partial charge in [0.25, 0.3) is 0 Å². The highest BCUT2D eigenvalue weighted by Gasteiger charge is 2.51. The van der Waals surface area contributed by atoms with Crippen molar-refractivity contribution < 1.29 is 32.6 Å². The lowest BCUT2D eigenvalue weighted by atomic mass is 10.1. The van der Waals surface area contributed by atoms with Gasteiger partial charge in [-0.25, -0.2) is 4.79 Å². The Kier molecular flexibility index (Phi) is 4.38. The van der Waals surface area contributed by atoms with Gasteiger partial charge >= 0.3 is 12.3 Å². The molecule has 1 amide bonds. The maximum Gasteiger partial charge on any atom is 0.573 e. The summed E-state index contributed by atoms with van der Waals surface area (Å²) in [6, 6.07) is 4.75. The number of carbonyl (C=O) groups is 2. The Balaban J connectivity index is 1.76. The first-order valence-electron chi connectivity index (χ1n) is 8.08. The van der Waals surface area contributed by atoms with Gasteiger partial charge in [-0.1, -0.05) is 18.2 Å². The molecule has 1 aromatic carbocycles. The summed E-state index contributed by atoms with van der Waals surface area (Å²) in [5.74, 6) is -2.57. The van der Waals surface area contributed by atoms with Gasteiger partial charge in [-0.3, -0.25) is 4.79 Å². The predicted octanol–water partition coefficient (Wildman–Crippen LogP) is 3.15. The van der Waals surface area contributed by atoms with Gasteiger partial charge in [-0.15, -0.1) is 13.2 Å². The van der Waals surface area contributed by atoms with Crippen molar-refractivity contribution in [2.75, 3.05) is 0 Å². The summed E-state index contributed by atoms with van der Waals surface area (Å²) in [5, 5.41) is 9.20. The molecule has 0 bridgehead atoms. The van der Waals surface area contributed by atoms with E-state index in [2.05, 4.69) is 4.74 Å². The molecule has 2 aliphatic rings. The van der Waals surface area contributed by atoms with E-state index in [9.17, 15) is 27.9 Å². The molecule has 5 nitrogen and oxygen atoms in total. The van der Waals surface area contributed by atoms with Crippen molar-refractivity contribution in [3.05, 3.63) is 29.8 Å². The number of carboxylic acid groups (broad SMARTS) is 1. The van der Waals surface area contributed by atoms with E-state index in [0.717, 1.165) is 12.8 Å². The van der Waals surface area contributed by atoms with Crippen molar-refractivity contribution in [1.82, 2.24) is 4.90 Å².